The maximum absolute atomic E-state index is 15.2. The van der Waals surface area contributed by atoms with Crippen molar-refractivity contribution in [1.29, 1.82) is 0 Å². The molecule has 0 spiro atoms. The molecule has 5 aliphatic rings. The zero-order valence-corrected chi connectivity index (χ0v) is 44.8. The van der Waals surface area contributed by atoms with E-state index in [1.807, 2.05) is 65.8 Å². The second-order valence-corrected chi connectivity index (χ2v) is 23.4. The van der Waals surface area contributed by atoms with Crippen molar-refractivity contribution in [2.24, 2.45) is 17.3 Å². The summed E-state index contributed by atoms with van der Waals surface area (Å²) in [6.45, 7) is 17.4. The van der Waals surface area contributed by atoms with Gasteiger partial charge >= 0.3 is 0 Å². The number of rotatable bonds is 12. The van der Waals surface area contributed by atoms with Crippen LogP contribution in [-0.4, -0.2) is 166 Å². The average molecular weight is 1030 g/mol. The first-order valence-electron chi connectivity index (χ1n) is 27.8. The summed E-state index contributed by atoms with van der Waals surface area (Å²) in [6, 6.07) is 18.8. The highest BCUT2D eigenvalue weighted by Gasteiger charge is 2.41. The van der Waals surface area contributed by atoms with Crippen LogP contribution in [-0.2, 0) is 20.8 Å². The van der Waals surface area contributed by atoms with Gasteiger partial charge in [0, 0.05) is 99.7 Å². The molecule has 4 atom stereocenters. The Hall–Kier alpha value is -6.00. The summed E-state index contributed by atoms with van der Waals surface area (Å²) >= 11 is 0. The average Bonchev–Trinajstić information content (AvgIpc) is 3.41. The van der Waals surface area contributed by atoms with Gasteiger partial charge in [0.25, 0.3) is 17.4 Å². The van der Waals surface area contributed by atoms with E-state index in [9.17, 15) is 28.8 Å². The molecule has 0 unspecified atom stereocenters. The Labute approximate surface area is 441 Å². The van der Waals surface area contributed by atoms with Crippen LogP contribution >= 0.6 is 0 Å². The molecule has 2 N–H and O–H groups in total. The maximum atomic E-state index is 15.2. The van der Waals surface area contributed by atoms with Gasteiger partial charge in [-0.2, -0.15) is 5.10 Å². The van der Waals surface area contributed by atoms with Gasteiger partial charge in [0.05, 0.1) is 23.2 Å². The van der Waals surface area contributed by atoms with Crippen LogP contribution in [0.5, 0.6) is 0 Å². The van der Waals surface area contributed by atoms with Crippen molar-refractivity contribution in [2.45, 2.75) is 123 Å². The van der Waals surface area contributed by atoms with Gasteiger partial charge in [0.1, 0.15) is 11.9 Å². The zero-order valence-electron chi connectivity index (χ0n) is 44.8. The second-order valence-electron chi connectivity index (χ2n) is 23.4. The van der Waals surface area contributed by atoms with E-state index in [0.29, 0.717) is 79.2 Å². The molecule has 4 aromatic rings. The van der Waals surface area contributed by atoms with Gasteiger partial charge in [-0.3, -0.25) is 38.6 Å². The van der Waals surface area contributed by atoms with Gasteiger partial charge in [-0.05, 0) is 119 Å². The van der Waals surface area contributed by atoms with Gasteiger partial charge in [-0.25, -0.2) is 9.49 Å². The molecule has 9 rings (SSSR count). The third kappa shape index (κ3) is 12.7. The van der Waals surface area contributed by atoms with Crippen molar-refractivity contribution in [1.82, 2.24) is 44.9 Å². The molecule has 3 aromatic carbocycles. The minimum absolute atomic E-state index is 0.0203. The number of carbonyl (C=O) groups excluding carboxylic acids is 5. The number of nitrogens with zero attached hydrogens (tertiary/aromatic N) is 7. The lowest BCUT2D eigenvalue weighted by molar-refractivity contribution is -0.143. The van der Waals surface area contributed by atoms with Crippen molar-refractivity contribution < 1.29 is 28.4 Å². The minimum atomic E-state index is -0.606. The van der Waals surface area contributed by atoms with E-state index in [1.165, 1.54) is 6.07 Å². The number of hydrogen-bond acceptors (Lipinski definition) is 9. The summed E-state index contributed by atoms with van der Waals surface area (Å²) in [6.07, 6.45) is 9.22. The number of amides is 5. The highest BCUT2D eigenvalue weighted by Crippen LogP contribution is 2.33. The zero-order chi connectivity index (χ0) is 53.0. The summed E-state index contributed by atoms with van der Waals surface area (Å²) in [5, 5.41) is 11.3. The number of aromatic amines is 1. The van der Waals surface area contributed by atoms with Crippen LogP contribution in [0.3, 0.4) is 0 Å². The molecule has 75 heavy (non-hydrogen) atoms. The van der Waals surface area contributed by atoms with E-state index in [4.69, 9.17) is 0 Å². The molecule has 5 amide bonds. The van der Waals surface area contributed by atoms with E-state index in [1.54, 1.807) is 29.2 Å². The third-order valence-electron chi connectivity index (χ3n) is 16.8. The highest BCUT2D eigenvalue weighted by molar-refractivity contribution is 5.98. The number of likely N-dealkylation sites (tertiary alicyclic amines) is 2. The van der Waals surface area contributed by atoms with E-state index in [0.717, 1.165) is 103 Å². The molecule has 402 valence electrons. The fourth-order valence-corrected chi connectivity index (χ4v) is 12.8. The number of hydrogen-bond donors (Lipinski definition) is 2. The molecule has 1 aliphatic carbocycles. The van der Waals surface area contributed by atoms with Crippen molar-refractivity contribution in [2.75, 3.05) is 78.5 Å². The molecule has 15 nitrogen and oxygen atoms in total. The van der Waals surface area contributed by atoms with Crippen LogP contribution < -0.4 is 10.9 Å². The monoisotopic (exact) mass is 1030 g/mol. The summed E-state index contributed by atoms with van der Waals surface area (Å²) in [5.41, 5.74) is 2.18. The predicted octanol–water partition coefficient (Wildman–Crippen LogP) is 6.70. The summed E-state index contributed by atoms with van der Waals surface area (Å²) in [7, 11) is 0. The number of piperazine rings is 2. The van der Waals surface area contributed by atoms with Crippen molar-refractivity contribution in [3.8, 4) is 0 Å². The number of benzene rings is 3. The predicted molar refractivity (Wildman–Crippen MR) is 288 cm³/mol. The summed E-state index contributed by atoms with van der Waals surface area (Å²) < 4.78 is 15.2. The van der Waals surface area contributed by atoms with Crippen LogP contribution in [0.4, 0.5) is 4.39 Å². The molecule has 1 aromatic heterocycles. The quantitative estimate of drug-likeness (QED) is 0.157. The van der Waals surface area contributed by atoms with Crippen LogP contribution in [0.25, 0.3) is 10.8 Å². The lowest BCUT2D eigenvalue weighted by atomic mass is 9.82. The Kier molecular flexibility index (Phi) is 16.9. The number of piperidine rings is 2. The molecule has 4 saturated heterocycles. The van der Waals surface area contributed by atoms with E-state index < -0.39 is 23.2 Å². The minimum Gasteiger partial charge on any atom is -0.342 e. The Morgan fingerprint density at radius 2 is 1.43 bits per heavy atom. The van der Waals surface area contributed by atoms with Gasteiger partial charge in [0.2, 0.25) is 17.7 Å². The molecule has 0 bridgehead atoms. The van der Waals surface area contributed by atoms with Gasteiger partial charge in [-0.1, -0.05) is 76.4 Å². The standard InChI is InChI=1S/C59H78FN9O6/c1-39-34-65(35-40(2)69(39)57(74)53(43-13-7-6-8-14-43)61-54(71)45-16-11-15-44(33-45)46-17-12-24-68(37-46)58(75)59(3,4)5)36-41-22-25-64(26-23-41)38-52(70)66-27-29-67(30-28-66)56(73)49-31-42(20-21-50(49)60)32-51-47-18-9-10-19-48(47)55(72)63-62-51/h9-11,15-16,18-21,31,33,39-41,43,46,53H,6-8,12-14,17,22-30,32,34-38H2,1-5H3,(H,61,71)(H,63,72)/t39-,40+,46-,53-/m1/s1. The normalized spacial score (nSPS) is 22.3. The lowest BCUT2D eigenvalue weighted by Gasteiger charge is -2.47. The van der Waals surface area contributed by atoms with E-state index >= 15 is 4.39 Å². The lowest BCUT2D eigenvalue weighted by Crippen LogP contribution is -2.64. The topological polar surface area (TPSA) is 163 Å². The van der Waals surface area contributed by atoms with Gasteiger partial charge in [0.15, 0.2) is 0 Å². The van der Waals surface area contributed by atoms with E-state index in [-0.39, 0.29) is 58.7 Å². The molecule has 4 aliphatic heterocycles. The molecular weight excluding hydrogens is 950 g/mol. The van der Waals surface area contributed by atoms with E-state index in [2.05, 4.69) is 45.2 Å². The first kappa shape index (κ1) is 53.8. The number of H-pyrrole nitrogens is 1. The van der Waals surface area contributed by atoms with Crippen LogP contribution in [0.1, 0.15) is 136 Å². The van der Waals surface area contributed by atoms with Crippen LogP contribution in [0, 0.1) is 23.1 Å². The smallest absolute Gasteiger partial charge is 0.272 e. The fourth-order valence-electron chi connectivity index (χ4n) is 12.8. The van der Waals surface area contributed by atoms with Gasteiger partial charge < -0.3 is 24.9 Å². The number of nitrogens with one attached hydrogen (secondary N) is 2. The first-order valence-corrected chi connectivity index (χ1v) is 27.8. The Bertz CT molecular complexity index is 2760. The largest absolute Gasteiger partial charge is 0.342 e. The van der Waals surface area contributed by atoms with Crippen LogP contribution in [0.2, 0.25) is 0 Å². The molecule has 5 fully saturated rings. The van der Waals surface area contributed by atoms with Crippen molar-refractivity contribution in [3.63, 3.8) is 0 Å². The SMILES string of the molecule is C[C@@H]1CN(CC2CCN(CC(=O)N3CCN(C(=O)c4cc(Cc5n[nH]c(=O)c6ccccc56)ccc4F)CC3)CC2)C[C@H](C)N1C(=O)[C@H](NC(=O)c1cccc([C@@H]2CCCN(C(=O)C(C)(C)C)C2)c1)C1CCCCC1. The molecule has 16 heteroatoms. The second kappa shape index (κ2) is 23.5. The molecular formula is C59H78FN9O6. The Morgan fingerprint density at radius 1 is 0.733 bits per heavy atom. The van der Waals surface area contributed by atoms with Crippen molar-refractivity contribution >= 4 is 40.3 Å². The molecule has 5 heterocycles. The Morgan fingerprint density at radius 3 is 2.13 bits per heavy atom. The first-order chi connectivity index (χ1) is 36.0. The van der Waals surface area contributed by atoms with Crippen molar-refractivity contribution in [3.05, 3.63) is 111 Å². The highest BCUT2D eigenvalue weighted by atomic mass is 19.1. The molecule has 1 saturated carbocycles. The number of halogens is 1. The summed E-state index contributed by atoms with van der Waals surface area (Å²) in [4.78, 5) is 93.9. The van der Waals surface area contributed by atoms with Crippen LogP contribution in [0.15, 0.2) is 71.5 Å². The Balaban J connectivity index is 0.733. The summed E-state index contributed by atoms with van der Waals surface area (Å²) in [5.74, 6) is -0.317. The van der Waals surface area contributed by atoms with Gasteiger partial charge in [-0.15, -0.1) is 0 Å². The third-order valence-corrected chi connectivity index (χ3v) is 16.8. The number of aromatic nitrogens is 2. The maximum Gasteiger partial charge on any atom is 0.272 e. The number of fused-ring (bicyclic) bond motifs is 1. The molecule has 0 radical (unpaired) electrons. The fraction of sp³-hybridized carbons (Fsp3) is 0.576. The number of carbonyl (C=O) groups is 5.